The molecule has 0 fully saturated rings. The molecule has 3 aromatic carbocycles. The highest BCUT2D eigenvalue weighted by molar-refractivity contribution is 9.13. The Morgan fingerprint density at radius 2 is 1.55 bits per heavy atom. The van der Waals surface area contributed by atoms with E-state index in [2.05, 4.69) is 44.0 Å². The molecule has 0 heterocycles. The van der Waals surface area contributed by atoms with E-state index >= 15 is 0 Å². The molecule has 1 atom stereocenters. The van der Waals surface area contributed by atoms with Gasteiger partial charge >= 0.3 is 0 Å². The first-order valence-electron chi connectivity index (χ1n) is 6.27. The third-order valence-corrected chi connectivity index (χ3v) is 5.26. The molecule has 1 nitrogen and oxygen atoms in total. The van der Waals surface area contributed by atoms with Crippen LogP contribution >= 0.6 is 31.9 Å². The van der Waals surface area contributed by atoms with Crippen molar-refractivity contribution in [3.63, 3.8) is 0 Å². The van der Waals surface area contributed by atoms with Crippen molar-refractivity contribution >= 4 is 42.6 Å². The molecule has 0 saturated heterocycles. The average Bonchev–Trinajstić information content (AvgIpc) is 2.49. The summed E-state index contributed by atoms with van der Waals surface area (Å²) in [5, 5.41) is 12.9. The maximum atomic E-state index is 10.7. The highest BCUT2D eigenvalue weighted by Gasteiger charge is 2.14. The van der Waals surface area contributed by atoms with Crippen LogP contribution in [0.2, 0.25) is 0 Å². The van der Waals surface area contributed by atoms with Crippen LogP contribution in [0.4, 0.5) is 0 Å². The van der Waals surface area contributed by atoms with E-state index in [0.29, 0.717) is 0 Å². The first-order valence-corrected chi connectivity index (χ1v) is 7.86. The molecule has 0 saturated carbocycles. The van der Waals surface area contributed by atoms with Gasteiger partial charge in [-0.2, -0.15) is 0 Å². The van der Waals surface area contributed by atoms with Crippen molar-refractivity contribution in [2.24, 2.45) is 0 Å². The lowest BCUT2D eigenvalue weighted by Crippen LogP contribution is -2.00. The molecule has 100 valence electrons. The van der Waals surface area contributed by atoms with Gasteiger partial charge in [-0.05, 0) is 65.9 Å². The van der Waals surface area contributed by atoms with E-state index in [0.717, 1.165) is 30.8 Å². The lowest BCUT2D eigenvalue weighted by atomic mass is 9.96. The summed E-state index contributed by atoms with van der Waals surface area (Å²) in [4.78, 5) is 0. The lowest BCUT2D eigenvalue weighted by Gasteiger charge is -2.15. The van der Waals surface area contributed by atoms with Gasteiger partial charge in [-0.25, -0.2) is 0 Å². The molecule has 0 aliphatic heterocycles. The van der Waals surface area contributed by atoms with Crippen LogP contribution < -0.4 is 0 Å². The predicted molar refractivity (Wildman–Crippen MR) is 89.9 cm³/mol. The van der Waals surface area contributed by atoms with Crippen LogP contribution in [0.1, 0.15) is 17.2 Å². The van der Waals surface area contributed by atoms with E-state index in [1.807, 2.05) is 48.5 Å². The smallest absolute Gasteiger partial charge is 0.105 e. The zero-order valence-corrected chi connectivity index (χ0v) is 13.7. The van der Waals surface area contributed by atoms with Gasteiger partial charge in [0.1, 0.15) is 6.10 Å². The molecule has 0 radical (unpaired) electrons. The van der Waals surface area contributed by atoms with Crippen molar-refractivity contribution in [2.75, 3.05) is 0 Å². The minimum atomic E-state index is -0.634. The van der Waals surface area contributed by atoms with Crippen LogP contribution in [-0.4, -0.2) is 5.11 Å². The predicted octanol–water partition coefficient (Wildman–Crippen LogP) is 5.45. The van der Waals surface area contributed by atoms with Crippen molar-refractivity contribution in [1.82, 2.24) is 0 Å². The zero-order chi connectivity index (χ0) is 14.1. The van der Waals surface area contributed by atoms with Gasteiger partial charge in [0.2, 0.25) is 0 Å². The van der Waals surface area contributed by atoms with E-state index in [1.165, 1.54) is 0 Å². The van der Waals surface area contributed by atoms with Crippen molar-refractivity contribution in [3.8, 4) is 0 Å². The molecule has 0 aliphatic carbocycles. The summed E-state index contributed by atoms with van der Waals surface area (Å²) in [6.45, 7) is 0. The third-order valence-electron chi connectivity index (χ3n) is 3.38. The van der Waals surface area contributed by atoms with Crippen molar-refractivity contribution in [3.05, 3.63) is 80.7 Å². The SMILES string of the molecule is OC(c1ccc(Br)c(Br)c1)c1cccc2ccccc12. The second kappa shape index (κ2) is 5.68. The second-order valence-corrected chi connectivity index (χ2v) is 6.35. The van der Waals surface area contributed by atoms with E-state index in [4.69, 9.17) is 0 Å². The summed E-state index contributed by atoms with van der Waals surface area (Å²) < 4.78 is 1.92. The first kappa shape index (κ1) is 13.8. The fourth-order valence-electron chi connectivity index (χ4n) is 2.35. The molecule has 1 N–H and O–H groups in total. The number of fused-ring (bicyclic) bond motifs is 1. The molecular weight excluding hydrogens is 380 g/mol. The summed E-state index contributed by atoms with van der Waals surface area (Å²) in [5.74, 6) is 0. The van der Waals surface area contributed by atoms with Crippen LogP contribution in [-0.2, 0) is 0 Å². The minimum absolute atomic E-state index is 0.634. The lowest BCUT2D eigenvalue weighted by molar-refractivity contribution is 0.222. The van der Waals surface area contributed by atoms with Gasteiger partial charge in [0, 0.05) is 8.95 Å². The Labute approximate surface area is 134 Å². The highest BCUT2D eigenvalue weighted by atomic mass is 79.9. The molecule has 3 rings (SSSR count). The van der Waals surface area contributed by atoms with Crippen LogP contribution in [0.15, 0.2) is 69.6 Å². The fourth-order valence-corrected chi connectivity index (χ4v) is 2.99. The Balaban J connectivity index is 2.12. The highest BCUT2D eigenvalue weighted by Crippen LogP contribution is 2.32. The number of benzene rings is 3. The molecule has 3 heteroatoms. The van der Waals surface area contributed by atoms with Crippen LogP contribution in [0.5, 0.6) is 0 Å². The Morgan fingerprint density at radius 1 is 0.800 bits per heavy atom. The molecule has 0 aliphatic rings. The van der Waals surface area contributed by atoms with E-state index in [9.17, 15) is 5.11 Å². The molecule has 20 heavy (non-hydrogen) atoms. The van der Waals surface area contributed by atoms with Gasteiger partial charge in [-0.1, -0.05) is 48.5 Å². The van der Waals surface area contributed by atoms with Crippen molar-refractivity contribution in [1.29, 1.82) is 0 Å². The largest absolute Gasteiger partial charge is 0.384 e. The number of halogens is 2. The minimum Gasteiger partial charge on any atom is -0.384 e. The molecule has 3 aromatic rings. The molecular formula is C17H12Br2O. The van der Waals surface area contributed by atoms with Gasteiger partial charge in [0.25, 0.3) is 0 Å². The maximum absolute atomic E-state index is 10.7. The summed E-state index contributed by atoms with van der Waals surface area (Å²) in [7, 11) is 0. The Hall–Kier alpha value is -1.16. The third kappa shape index (κ3) is 2.53. The zero-order valence-electron chi connectivity index (χ0n) is 10.6. The summed E-state index contributed by atoms with van der Waals surface area (Å²) >= 11 is 6.92. The maximum Gasteiger partial charge on any atom is 0.105 e. The fraction of sp³-hybridized carbons (Fsp3) is 0.0588. The molecule has 1 unspecified atom stereocenters. The molecule has 0 spiro atoms. The molecule has 0 amide bonds. The summed E-state index contributed by atoms with van der Waals surface area (Å²) in [6.07, 6.45) is -0.634. The summed E-state index contributed by atoms with van der Waals surface area (Å²) in [6, 6.07) is 19.9. The van der Waals surface area contributed by atoms with E-state index in [1.54, 1.807) is 0 Å². The first-order chi connectivity index (χ1) is 9.66. The van der Waals surface area contributed by atoms with Gasteiger partial charge in [0.05, 0.1) is 0 Å². The standard InChI is InChI=1S/C17H12Br2O/c18-15-9-8-12(10-16(15)19)17(20)14-7-3-5-11-4-1-2-6-13(11)14/h1-10,17,20H. The van der Waals surface area contributed by atoms with Crippen LogP contribution in [0.25, 0.3) is 10.8 Å². The monoisotopic (exact) mass is 390 g/mol. The van der Waals surface area contributed by atoms with Crippen molar-refractivity contribution in [2.45, 2.75) is 6.10 Å². The number of aliphatic hydroxyl groups excluding tert-OH is 1. The van der Waals surface area contributed by atoms with Gasteiger partial charge in [-0.3, -0.25) is 0 Å². The molecule has 0 bridgehead atoms. The topological polar surface area (TPSA) is 20.2 Å². The number of rotatable bonds is 2. The average molecular weight is 392 g/mol. The Morgan fingerprint density at radius 3 is 2.35 bits per heavy atom. The van der Waals surface area contributed by atoms with Gasteiger partial charge in [0.15, 0.2) is 0 Å². The van der Waals surface area contributed by atoms with E-state index in [-0.39, 0.29) is 0 Å². The van der Waals surface area contributed by atoms with Crippen LogP contribution in [0, 0.1) is 0 Å². The normalized spacial score (nSPS) is 12.6. The number of hydrogen-bond acceptors (Lipinski definition) is 1. The van der Waals surface area contributed by atoms with Gasteiger partial charge in [-0.15, -0.1) is 0 Å². The van der Waals surface area contributed by atoms with Crippen LogP contribution in [0.3, 0.4) is 0 Å². The Kier molecular flexibility index (Phi) is 3.92. The molecule has 0 aromatic heterocycles. The summed E-state index contributed by atoms with van der Waals surface area (Å²) in [5.41, 5.74) is 1.80. The van der Waals surface area contributed by atoms with E-state index < -0.39 is 6.10 Å². The van der Waals surface area contributed by atoms with Gasteiger partial charge < -0.3 is 5.11 Å². The van der Waals surface area contributed by atoms with Crippen molar-refractivity contribution < 1.29 is 5.11 Å². The second-order valence-electron chi connectivity index (χ2n) is 4.64. The number of aliphatic hydroxyl groups is 1. The quantitative estimate of drug-likeness (QED) is 0.616. The Bertz CT molecular complexity index is 763. The number of hydrogen-bond donors (Lipinski definition) is 1.